The maximum atomic E-state index is 11.4. The highest BCUT2D eigenvalue weighted by atomic mass is 32.1. The second-order valence-corrected chi connectivity index (χ2v) is 4.35. The summed E-state index contributed by atoms with van der Waals surface area (Å²) in [6, 6.07) is -0.219. The summed E-state index contributed by atoms with van der Waals surface area (Å²) >= 11 is 1.25. The van der Waals surface area contributed by atoms with E-state index in [1.165, 1.54) is 11.3 Å². The summed E-state index contributed by atoms with van der Waals surface area (Å²) < 4.78 is 9.87. The van der Waals surface area contributed by atoms with Gasteiger partial charge in [0.25, 0.3) is 0 Å². The van der Waals surface area contributed by atoms with E-state index in [4.69, 9.17) is 15.2 Å². The molecule has 0 aliphatic rings. The van der Waals surface area contributed by atoms with Crippen LogP contribution >= 0.6 is 11.3 Å². The average Bonchev–Trinajstić information content (AvgIpc) is 2.71. The van der Waals surface area contributed by atoms with Gasteiger partial charge in [-0.3, -0.25) is 4.79 Å². The molecule has 1 atom stereocenters. The number of nitrogens with zero attached hydrogens (tertiary/aromatic N) is 2. The number of rotatable bonds is 7. The van der Waals surface area contributed by atoms with Crippen LogP contribution in [0.4, 0.5) is 5.13 Å². The third-order valence-corrected chi connectivity index (χ3v) is 2.80. The largest absolute Gasteiger partial charge is 0.382 e. The smallest absolute Gasteiger partial charge is 0.246 e. The summed E-state index contributed by atoms with van der Waals surface area (Å²) in [4.78, 5) is 11.4. The standard InChI is InChI=1S/C9H16N4O3S/c1-6(8-12-13-9(10)17-8)11-7(14)5-16-4-3-15-2/h6H,3-5H2,1-2H3,(H2,10,13)(H,11,14)/t6-/m0/s1. The fourth-order valence-corrected chi connectivity index (χ4v) is 1.69. The van der Waals surface area contributed by atoms with Crippen molar-refractivity contribution < 1.29 is 14.3 Å². The molecule has 1 amide bonds. The lowest BCUT2D eigenvalue weighted by Crippen LogP contribution is -2.30. The fourth-order valence-electron chi connectivity index (χ4n) is 1.07. The van der Waals surface area contributed by atoms with Crippen LogP contribution < -0.4 is 11.1 Å². The number of hydrogen-bond acceptors (Lipinski definition) is 7. The lowest BCUT2D eigenvalue weighted by Gasteiger charge is -2.10. The van der Waals surface area contributed by atoms with Crippen LogP contribution in [0, 0.1) is 0 Å². The van der Waals surface area contributed by atoms with Crippen molar-refractivity contribution in [1.29, 1.82) is 0 Å². The quantitative estimate of drug-likeness (QED) is 0.667. The predicted molar refractivity (Wildman–Crippen MR) is 63.6 cm³/mol. The molecule has 0 fully saturated rings. The van der Waals surface area contributed by atoms with Gasteiger partial charge in [0.15, 0.2) is 0 Å². The first-order valence-electron chi connectivity index (χ1n) is 5.08. The first kappa shape index (κ1) is 13.8. The van der Waals surface area contributed by atoms with Gasteiger partial charge < -0.3 is 20.5 Å². The van der Waals surface area contributed by atoms with Crippen molar-refractivity contribution in [3.8, 4) is 0 Å². The Morgan fingerprint density at radius 1 is 1.53 bits per heavy atom. The van der Waals surface area contributed by atoms with Crippen molar-refractivity contribution in [3.05, 3.63) is 5.01 Å². The Kier molecular flexibility index (Phi) is 5.81. The van der Waals surface area contributed by atoms with Gasteiger partial charge in [0, 0.05) is 7.11 Å². The molecule has 1 heterocycles. The summed E-state index contributed by atoms with van der Waals surface area (Å²) in [5.41, 5.74) is 5.45. The minimum Gasteiger partial charge on any atom is -0.382 e. The van der Waals surface area contributed by atoms with Crippen molar-refractivity contribution in [3.63, 3.8) is 0 Å². The van der Waals surface area contributed by atoms with Crippen LogP contribution in [0.25, 0.3) is 0 Å². The Balaban J connectivity index is 2.26. The molecule has 0 saturated carbocycles. The second-order valence-electron chi connectivity index (χ2n) is 3.31. The maximum Gasteiger partial charge on any atom is 0.246 e. The van der Waals surface area contributed by atoms with E-state index >= 15 is 0 Å². The fraction of sp³-hybridized carbons (Fsp3) is 0.667. The van der Waals surface area contributed by atoms with Gasteiger partial charge in [-0.15, -0.1) is 10.2 Å². The number of methoxy groups -OCH3 is 1. The Labute approximate surface area is 103 Å². The van der Waals surface area contributed by atoms with Gasteiger partial charge in [-0.1, -0.05) is 11.3 Å². The molecule has 17 heavy (non-hydrogen) atoms. The number of carbonyl (C=O) groups is 1. The van der Waals surface area contributed by atoms with E-state index in [1.807, 2.05) is 6.92 Å². The number of anilines is 1. The lowest BCUT2D eigenvalue weighted by atomic mass is 10.3. The predicted octanol–water partition coefficient (Wildman–Crippen LogP) is -0.0395. The van der Waals surface area contributed by atoms with Crippen LogP contribution in [0.5, 0.6) is 0 Å². The topological polar surface area (TPSA) is 99.4 Å². The zero-order valence-corrected chi connectivity index (χ0v) is 10.6. The first-order chi connectivity index (χ1) is 8.13. The highest BCUT2D eigenvalue weighted by Gasteiger charge is 2.13. The summed E-state index contributed by atoms with van der Waals surface area (Å²) in [5, 5.41) is 11.3. The normalized spacial score (nSPS) is 12.4. The van der Waals surface area contributed by atoms with E-state index in [9.17, 15) is 4.79 Å². The summed E-state index contributed by atoms with van der Waals surface area (Å²) in [6.45, 7) is 2.68. The van der Waals surface area contributed by atoms with E-state index < -0.39 is 0 Å². The molecule has 7 nitrogen and oxygen atoms in total. The summed E-state index contributed by atoms with van der Waals surface area (Å²) in [6.07, 6.45) is 0. The lowest BCUT2D eigenvalue weighted by molar-refractivity contribution is -0.126. The van der Waals surface area contributed by atoms with Crippen molar-refractivity contribution in [2.24, 2.45) is 0 Å². The van der Waals surface area contributed by atoms with Gasteiger partial charge in [0.1, 0.15) is 11.6 Å². The molecule has 0 aromatic carbocycles. The van der Waals surface area contributed by atoms with Crippen LogP contribution in [-0.4, -0.2) is 43.0 Å². The molecule has 0 unspecified atom stereocenters. The van der Waals surface area contributed by atoms with Crippen molar-refractivity contribution in [1.82, 2.24) is 15.5 Å². The number of hydrogen-bond donors (Lipinski definition) is 2. The molecule has 1 rings (SSSR count). The van der Waals surface area contributed by atoms with Crippen LogP contribution in [0.1, 0.15) is 18.0 Å². The van der Waals surface area contributed by atoms with Crippen molar-refractivity contribution in [2.45, 2.75) is 13.0 Å². The van der Waals surface area contributed by atoms with E-state index in [0.717, 1.165) is 0 Å². The van der Waals surface area contributed by atoms with Crippen molar-refractivity contribution in [2.75, 3.05) is 32.7 Å². The number of ether oxygens (including phenoxy) is 2. The Morgan fingerprint density at radius 3 is 2.88 bits per heavy atom. The van der Waals surface area contributed by atoms with Crippen LogP contribution in [0.2, 0.25) is 0 Å². The van der Waals surface area contributed by atoms with E-state index in [2.05, 4.69) is 15.5 Å². The molecule has 1 aromatic rings. The van der Waals surface area contributed by atoms with Crippen LogP contribution in [0.3, 0.4) is 0 Å². The molecular formula is C9H16N4O3S. The van der Waals surface area contributed by atoms with Gasteiger partial charge in [0.2, 0.25) is 11.0 Å². The van der Waals surface area contributed by atoms with E-state index in [0.29, 0.717) is 23.4 Å². The number of nitrogens with one attached hydrogen (secondary N) is 1. The molecule has 0 aliphatic heterocycles. The molecule has 0 aliphatic carbocycles. The third-order valence-electron chi connectivity index (χ3n) is 1.87. The molecule has 1 aromatic heterocycles. The number of aromatic nitrogens is 2. The van der Waals surface area contributed by atoms with Crippen LogP contribution in [0.15, 0.2) is 0 Å². The average molecular weight is 260 g/mol. The van der Waals surface area contributed by atoms with Crippen molar-refractivity contribution >= 4 is 22.4 Å². The Bertz CT molecular complexity index is 358. The Morgan fingerprint density at radius 2 is 2.29 bits per heavy atom. The van der Waals surface area contributed by atoms with Gasteiger partial charge in [-0.05, 0) is 6.92 Å². The number of nitrogens with two attached hydrogens (primary N) is 1. The zero-order valence-electron chi connectivity index (χ0n) is 9.80. The minimum absolute atomic E-state index is 0.00197. The summed E-state index contributed by atoms with van der Waals surface area (Å²) in [5.74, 6) is -0.206. The van der Waals surface area contributed by atoms with Gasteiger partial charge in [0.05, 0.1) is 19.3 Å². The molecule has 96 valence electrons. The highest BCUT2D eigenvalue weighted by Crippen LogP contribution is 2.18. The molecule has 0 bridgehead atoms. The molecule has 0 spiro atoms. The third kappa shape index (κ3) is 5.07. The maximum absolute atomic E-state index is 11.4. The highest BCUT2D eigenvalue weighted by molar-refractivity contribution is 7.15. The molecule has 0 radical (unpaired) electrons. The first-order valence-corrected chi connectivity index (χ1v) is 5.90. The summed E-state index contributed by atoms with van der Waals surface area (Å²) in [7, 11) is 1.57. The molecule has 0 saturated heterocycles. The Hall–Kier alpha value is -1.25. The minimum atomic E-state index is -0.219. The van der Waals surface area contributed by atoms with E-state index in [1.54, 1.807) is 7.11 Å². The van der Waals surface area contributed by atoms with Gasteiger partial charge >= 0.3 is 0 Å². The molecule has 8 heteroatoms. The molecular weight excluding hydrogens is 244 g/mol. The SMILES string of the molecule is COCCOCC(=O)N[C@@H](C)c1nnc(N)s1. The zero-order chi connectivity index (χ0) is 12.7. The number of nitrogen functional groups attached to an aromatic ring is 1. The second kappa shape index (κ2) is 7.15. The van der Waals surface area contributed by atoms with E-state index in [-0.39, 0.29) is 18.6 Å². The van der Waals surface area contributed by atoms with Gasteiger partial charge in [-0.25, -0.2) is 0 Å². The number of amides is 1. The number of carbonyl (C=O) groups excluding carboxylic acids is 1. The van der Waals surface area contributed by atoms with Gasteiger partial charge in [-0.2, -0.15) is 0 Å². The molecule has 3 N–H and O–H groups in total. The monoisotopic (exact) mass is 260 g/mol. The van der Waals surface area contributed by atoms with Crippen LogP contribution in [-0.2, 0) is 14.3 Å².